The van der Waals surface area contributed by atoms with Gasteiger partial charge in [0.25, 0.3) is 5.91 Å². The van der Waals surface area contributed by atoms with E-state index in [1.807, 2.05) is 54.6 Å². The number of benzodiazepines with no additional fused rings is 1. The fourth-order valence-electron chi connectivity index (χ4n) is 3.84. The number of halogens is 2. The van der Waals surface area contributed by atoms with Crippen molar-refractivity contribution in [2.24, 2.45) is 10.9 Å². The molecule has 0 bridgehead atoms. The van der Waals surface area contributed by atoms with Gasteiger partial charge in [0, 0.05) is 18.2 Å². The lowest BCUT2D eigenvalue weighted by molar-refractivity contribution is -0.132. The molecule has 34 heavy (non-hydrogen) atoms. The number of carbonyl (C=O) groups is 2. The smallest absolute Gasteiger partial charge is 0.272 e. The van der Waals surface area contributed by atoms with Crippen LogP contribution in [0, 0.1) is 5.92 Å². The van der Waals surface area contributed by atoms with E-state index in [4.69, 9.17) is 23.2 Å². The number of nitrogens with one attached hydrogen (secondary N) is 1. The Kier molecular flexibility index (Phi) is 7.03. The maximum atomic E-state index is 13.3. The van der Waals surface area contributed by atoms with Crippen LogP contribution >= 0.6 is 23.2 Å². The van der Waals surface area contributed by atoms with Gasteiger partial charge in [-0.25, -0.2) is 4.99 Å². The quantitative estimate of drug-likeness (QED) is 0.541. The van der Waals surface area contributed by atoms with Gasteiger partial charge in [-0.05, 0) is 23.8 Å². The van der Waals surface area contributed by atoms with Gasteiger partial charge in [0.05, 0.1) is 33.5 Å². The standard InChI is InChI=1S/C26H23Cl2N3O3/c1-15(23(32)17-12-13-19(27)20(28)14-17)25(33)30-24-26(34)31(2)21-11-7-6-10-18(21)22(29-24)16-8-4-3-5-9-16/h3-15,23-24,32H,1-2H3,(H,30,33)/t15-,23-,24+/m0/s1. The fourth-order valence-corrected chi connectivity index (χ4v) is 4.14. The molecule has 0 unspecified atom stereocenters. The van der Waals surface area contributed by atoms with E-state index in [9.17, 15) is 14.7 Å². The summed E-state index contributed by atoms with van der Waals surface area (Å²) in [5.41, 5.74) is 3.33. The second kappa shape index (κ2) is 9.97. The molecule has 2 N–H and O–H groups in total. The number of rotatable bonds is 5. The van der Waals surface area contributed by atoms with Crippen molar-refractivity contribution in [3.63, 3.8) is 0 Å². The van der Waals surface area contributed by atoms with Gasteiger partial charge in [-0.15, -0.1) is 0 Å². The van der Waals surface area contributed by atoms with Crippen LogP contribution in [0.4, 0.5) is 5.69 Å². The van der Waals surface area contributed by atoms with Crippen LogP contribution in [0.5, 0.6) is 0 Å². The Balaban J connectivity index is 1.65. The summed E-state index contributed by atoms with van der Waals surface area (Å²) in [6.07, 6.45) is -2.31. The monoisotopic (exact) mass is 495 g/mol. The van der Waals surface area contributed by atoms with Gasteiger partial charge >= 0.3 is 0 Å². The Morgan fingerprint density at radius 3 is 2.41 bits per heavy atom. The van der Waals surface area contributed by atoms with Crippen LogP contribution in [0.1, 0.15) is 29.7 Å². The lowest BCUT2D eigenvalue weighted by Gasteiger charge is -2.23. The number of para-hydroxylation sites is 1. The van der Waals surface area contributed by atoms with Crippen LogP contribution in [-0.4, -0.2) is 35.8 Å². The Labute approximate surface area is 207 Å². The van der Waals surface area contributed by atoms with Crippen molar-refractivity contribution in [1.82, 2.24) is 5.32 Å². The van der Waals surface area contributed by atoms with E-state index in [0.29, 0.717) is 22.0 Å². The second-order valence-electron chi connectivity index (χ2n) is 8.08. The first kappa shape index (κ1) is 24.0. The Bertz CT molecular complexity index is 1260. The number of anilines is 1. The third-order valence-corrected chi connectivity index (χ3v) is 6.58. The molecule has 1 aliphatic rings. The number of aliphatic hydroxyl groups excluding tert-OH is 1. The average molecular weight is 496 g/mol. The molecule has 4 rings (SSSR count). The van der Waals surface area contributed by atoms with E-state index in [1.54, 1.807) is 26.1 Å². The molecule has 0 fully saturated rings. The molecule has 6 nitrogen and oxygen atoms in total. The lowest BCUT2D eigenvalue weighted by Crippen LogP contribution is -2.48. The van der Waals surface area contributed by atoms with Crippen molar-refractivity contribution in [2.75, 3.05) is 11.9 Å². The first-order valence-electron chi connectivity index (χ1n) is 10.7. The van der Waals surface area contributed by atoms with Crippen LogP contribution in [0.25, 0.3) is 0 Å². The summed E-state index contributed by atoms with van der Waals surface area (Å²) >= 11 is 12.0. The molecule has 0 aromatic heterocycles. The molecule has 0 aliphatic carbocycles. The fraction of sp³-hybridized carbons (Fsp3) is 0.192. The molecule has 0 radical (unpaired) electrons. The summed E-state index contributed by atoms with van der Waals surface area (Å²) in [7, 11) is 1.65. The number of aliphatic imine (C=N–C) groups is 1. The van der Waals surface area contributed by atoms with Gasteiger partial charge in [0.15, 0.2) is 0 Å². The van der Waals surface area contributed by atoms with E-state index in [-0.39, 0.29) is 10.9 Å². The minimum absolute atomic E-state index is 0.279. The summed E-state index contributed by atoms with van der Waals surface area (Å²) in [4.78, 5) is 32.5. The van der Waals surface area contributed by atoms with Crippen molar-refractivity contribution in [3.8, 4) is 0 Å². The number of benzene rings is 3. The zero-order chi connectivity index (χ0) is 24.4. The molecule has 2 amide bonds. The molecule has 1 aliphatic heterocycles. The SMILES string of the molecule is C[C@H](C(=O)N[C@H]1N=C(c2ccccc2)c2ccccc2N(C)C1=O)[C@H](O)c1ccc(Cl)c(Cl)c1. The number of hydrogen-bond donors (Lipinski definition) is 2. The van der Waals surface area contributed by atoms with E-state index in [1.165, 1.54) is 11.0 Å². The van der Waals surface area contributed by atoms with Crippen LogP contribution in [0.2, 0.25) is 10.0 Å². The maximum absolute atomic E-state index is 13.3. The Morgan fingerprint density at radius 1 is 1.03 bits per heavy atom. The molecular weight excluding hydrogens is 473 g/mol. The predicted molar refractivity (Wildman–Crippen MR) is 134 cm³/mol. The summed E-state index contributed by atoms with van der Waals surface area (Å²) in [5, 5.41) is 14.1. The van der Waals surface area contributed by atoms with Gasteiger partial charge in [-0.1, -0.05) is 84.7 Å². The topological polar surface area (TPSA) is 82.0 Å². The molecular formula is C26H23Cl2N3O3. The number of aliphatic hydroxyl groups is 1. The van der Waals surface area contributed by atoms with Gasteiger partial charge < -0.3 is 15.3 Å². The van der Waals surface area contributed by atoms with E-state index >= 15 is 0 Å². The van der Waals surface area contributed by atoms with Gasteiger partial charge in [-0.2, -0.15) is 0 Å². The van der Waals surface area contributed by atoms with E-state index in [2.05, 4.69) is 10.3 Å². The summed E-state index contributed by atoms with van der Waals surface area (Å²) < 4.78 is 0. The zero-order valence-electron chi connectivity index (χ0n) is 18.6. The number of carbonyl (C=O) groups excluding carboxylic acids is 2. The molecule has 0 saturated carbocycles. The highest BCUT2D eigenvalue weighted by atomic mass is 35.5. The third-order valence-electron chi connectivity index (χ3n) is 5.84. The van der Waals surface area contributed by atoms with Gasteiger partial charge in [-0.3, -0.25) is 9.59 Å². The van der Waals surface area contributed by atoms with Gasteiger partial charge in [0.2, 0.25) is 12.1 Å². The molecule has 8 heteroatoms. The normalized spacial score (nSPS) is 17.3. The Morgan fingerprint density at radius 2 is 1.71 bits per heavy atom. The van der Waals surface area contributed by atoms with Crippen molar-refractivity contribution in [3.05, 3.63) is 99.5 Å². The molecule has 0 spiro atoms. The number of likely N-dealkylation sites (N-methyl/N-ethyl adjacent to an activating group) is 1. The first-order chi connectivity index (χ1) is 16.3. The van der Waals surface area contributed by atoms with Crippen molar-refractivity contribution in [2.45, 2.75) is 19.2 Å². The number of fused-ring (bicyclic) bond motifs is 1. The first-order valence-corrected chi connectivity index (χ1v) is 11.5. The van der Waals surface area contributed by atoms with Crippen molar-refractivity contribution < 1.29 is 14.7 Å². The van der Waals surface area contributed by atoms with Gasteiger partial charge in [0.1, 0.15) is 0 Å². The maximum Gasteiger partial charge on any atom is 0.272 e. The molecule has 174 valence electrons. The highest BCUT2D eigenvalue weighted by Gasteiger charge is 2.33. The Hall–Kier alpha value is -3.19. The average Bonchev–Trinajstić information content (AvgIpc) is 2.96. The molecule has 0 saturated heterocycles. The van der Waals surface area contributed by atoms with Crippen LogP contribution in [-0.2, 0) is 9.59 Å². The highest BCUT2D eigenvalue weighted by Crippen LogP contribution is 2.30. The number of amides is 2. The minimum Gasteiger partial charge on any atom is -0.388 e. The largest absolute Gasteiger partial charge is 0.388 e. The summed E-state index contributed by atoms with van der Waals surface area (Å²) in [6, 6.07) is 21.6. The van der Waals surface area contributed by atoms with E-state index in [0.717, 1.165) is 11.1 Å². The highest BCUT2D eigenvalue weighted by molar-refractivity contribution is 6.42. The predicted octanol–water partition coefficient (Wildman–Crippen LogP) is 4.62. The van der Waals surface area contributed by atoms with Crippen molar-refractivity contribution >= 4 is 46.4 Å². The zero-order valence-corrected chi connectivity index (χ0v) is 20.1. The molecule has 3 aromatic carbocycles. The lowest BCUT2D eigenvalue weighted by atomic mass is 9.96. The second-order valence-corrected chi connectivity index (χ2v) is 8.89. The molecule has 1 heterocycles. The number of hydrogen-bond acceptors (Lipinski definition) is 4. The molecule has 3 atom stereocenters. The summed E-state index contributed by atoms with van der Waals surface area (Å²) in [6.45, 7) is 1.57. The van der Waals surface area contributed by atoms with Crippen LogP contribution < -0.4 is 10.2 Å². The van der Waals surface area contributed by atoms with Crippen molar-refractivity contribution in [1.29, 1.82) is 0 Å². The molecule has 3 aromatic rings. The van der Waals surface area contributed by atoms with E-state index < -0.39 is 24.1 Å². The summed E-state index contributed by atoms with van der Waals surface area (Å²) in [5.74, 6) is -1.79. The van der Waals surface area contributed by atoms with Crippen LogP contribution in [0.3, 0.4) is 0 Å². The minimum atomic E-state index is -1.16. The number of nitrogens with zero attached hydrogens (tertiary/aromatic N) is 2. The van der Waals surface area contributed by atoms with Crippen LogP contribution in [0.15, 0.2) is 77.8 Å². The third kappa shape index (κ3) is 4.71.